The van der Waals surface area contributed by atoms with Crippen LogP contribution in [0.3, 0.4) is 0 Å². The Bertz CT molecular complexity index is 866. The number of nitrogens with zero attached hydrogens (tertiary/aromatic N) is 2. The van der Waals surface area contributed by atoms with Crippen molar-refractivity contribution in [3.05, 3.63) is 88.7 Å². The second-order valence-electron chi connectivity index (χ2n) is 6.99. The van der Waals surface area contributed by atoms with Crippen molar-refractivity contribution in [2.45, 2.75) is 25.3 Å². The lowest BCUT2D eigenvalue weighted by Gasteiger charge is -2.27. The molecule has 2 aromatic carbocycles. The van der Waals surface area contributed by atoms with E-state index in [-0.39, 0.29) is 12.3 Å². The minimum Gasteiger partial charge on any atom is -0.481 e. The Kier molecular flexibility index (Phi) is 5.03. The Labute approximate surface area is 158 Å². The van der Waals surface area contributed by atoms with Crippen molar-refractivity contribution in [2.24, 2.45) is 0 Å². The van der Waals surface area contributed by atoms with Gasteiger partial charge in [0.25, 0.3) is 0 Å². The number of fused-ring (bicyclic) bond motifs is 1. The molecule has 1 aliphatic rings. The molecule has 4 rings (SSSR count). The van der Waals surface area contributed by atoms with Crippen molar-refractivity contribution in [3.8, 4) is 0 Å². The van der Waals surface area contributed by atoms with E-state index in [1.165, 1.54) is 22.4 Å². The summed E-state index contributed by atoms with van der Waals surface area (Å²) < 4.78 is 0. The second kappa shape index (κ2) is 7.76. The van der Waals surface area contributed by atoms with Crippen molar-refractivity contribution in [1.29, 1.82) is 0 Å². The summed E-state index contributed by atoms with van der Waals surface area (Å²) in [6, 6.07) is 20.9. The molecule has 3 aromatic rings. The van der Waals surface area contributed by atoms with E-state index < -0.39 is 5.97 Å². The summed E-state index contributed by atoms with van der Waals surface area (Å²) in [5, 5.41) is 16.9. The van der Waals surface area contributed by atoms with Crippen LogP contribution < -0.4 is 0 Å². The molecule has 0 saturated heterocycles. The summed E-state index contributed by atoms with van der Waals surface area (Å²) in [4.78, 5) is 13.1. The number of H-pyrrole nitrogens is 1. The number of carboxylic acids is 1. The van der Waals surface area contributed by atoms with Gasteiger partial charge < -0.3 is 5.11 Å². The fraction of sp³-hybridized carbons (Fsp3) is 0.273. The van der Waals surface area contributed by atoms with Gasteiger partial charge >= 0.3 is 5.97 Å². The van der Waals surface area contributed by atoms with E-state index >= 15 is 0 Å². The maximum absolute atomic E-state index is 10.9. The van der Waals surface area contributed by atoms with Crippen LogP contribution >= 0.6 is 0 Å². The van der Waals surface area contributed by atoms with E-state index in [1.807, 2.05) is 12.1 Å². The Morgan fingerprint density at radius 1 is 1.07 bits per heavy atom. The normalized spacial score (nSPS) is 14.3. The molecule has 0 atom stereocenters. The first-order valence-electron chi connectivity index (χ1n) is 9.32. The molecular weight excluding hydrogens is 338 g/mol. The summed E-state index contributed by atoms with van der Waals surface area (Å²) in [6.07, 6.45) is 1.04. The van der Waals surface area contributed by atoms with Gasteiger partial charge in [-0.1, -0.05) is 60.7 Å². The van der Waals surface area contributed by atoms with Gasteiger partial charge in [-0.2, -0.15) is 5.10 Å². The number of carbonyl (C=O) groups is 1. The van der Waals surface area contributed by atoms with Crippen molar-refractivity contribution in [2.75, 3.05) is 13.1 Å². The zero-order valence-electron chi connectivity index (χ0n) is 15.1. The van der Waals surface area contributed by atoms with Crippen LogP contribution in [0.1, 0.15) is 40.4 Å². The fourth-order valence-electron chi connectivity index (χ4n) is 3.86. The molecule has 5 nitrogen and oxygen atoms in total. The third kappa shape index (κ3) is 3.78. The van der Waals surface area contributed by atoms with Gasteiger partial charge in [-0.15, -0.1) is 0 Å². The van der Waals surface area contributed by atoms with Crippen LogP contribution in [-0.2, 0) is 17.8 Å². The first-order valence-corrected chi connectivity index (χ1v) is 9.32. The Morgan fingerprint density at radius 2 is 1.70 bits per heavy atom. The van der Waals surface area contributed by atoms with Crippen LogP contribution in [0.2, 0.25) is 0 Å². The standard InChI is InChI=1S/C22H23N3O2/c26-20(27)12-14-25-13-11-19-18(15-25)22(24-23-19)21(16-7-3-1-4-8-16)17-9-5-2-6-10-17/h1-10,21H,11-15H2,(H,23,24)(H,26,27). The highest BCUT2D eigenvalue weighted by molar-refractivity contribution is 5.66. The minimum absolute atomic E-state index is 0.0619. The van der Waals surface area contributed by atoms with Gasteiger partial charge in [-0.05, 0) is 11.1 Å². The molecule has 0 aliphatic carbocycles. The topological polar surface area (TPSA) is 69.2 Å². The van der Waals surface area contributed by atoms with Crippen LogP contribution in [0.4, 0.5) is 0 Å². The Hall–Kier alpha value is -2.92. The molecule has 0 bridgehead atoms. The molecule has 27 heavy (non-hydrogen) atoms. The van der Waals surface area contributed by atoms with E-state index in [4.69, 9.17) is 10.2 Å². The Balaban J connectivity index is 1.71. The highest BCUT2D eigenvalue weighted by Gasteiger charge is 2.28. The molecule has 0 saturated carbocycles. The predicted molar refractivity (Wildman–Crippen MR) is 104 cm³/mol. The van der Waals surface area contributed by atoms with E-state index in [0.717, 1.165) is 25.2 Å². The molecule has 1 aliphatic heterocycles. The smallest absolute Gasteiger partial charge is 0.304 e. The second-order valence-corrected chi connectivity index (χ2v) is 6.99. The van der Waals surface area contributed by atoms with E-state index in [2.05, 4.69) is 58.5 Å². The minimum atomic E-state index is -0.750. The zero-order valence-corrected chi connectivity index (χ0v) is 15.1. The number of rotatable bonds is 6. The lowest BCUT2D eigenvalue weighted by atomic mass is 9.85. The third-order valence-electron chi connectivity index (χ3n) is 5.23. The molecule has 5 heteroatoms. The number of benzene rings is 2. The average molecular weight is 361 g/mol. The van der Waals surface area contributed by atoms with Crippen LogP contribution in [0, 0.1) is 0 Å². The lowest BCUT2D eigenvalue weighted by Crippen LogP contribution is -2.32. The van der Waals surface area contributed by atoms with E-state index in [9.17, 15) is 4.79 Å². The van der Waals surface area contributed by atoms with Crippen LogP contribution in [-0.4, -0.2) is 39.3 Å². The number of nitrogens with one attached hydrogen (secondary N) is 1. The van der Waals surface area contributed by atoms with E-state index in [1.54, 1.807) is 0 Å². The molecule has 2 N–H and O–H groups in total. The molecule has 1 aromatic heterocycles. The van der Waals surface area contributed by atoms with Gasteiger partial charge in [-0.25, -0.2) is 0 Å². The average Bonchev–Trinajstić information content (AvgIpc) is 3.11. The highest BCUT2D eigenvalue weighted by Crippen LogP contribution is 2.35. The molecule has 0 fully saturated rings. The number of aliphatic carboxylic acids is 1. The monoisotopic (exact) mass is 361 g/mol. The maximum Gasteiger partial charge on any atom is 0.304 e. The van der Waals surface area contributed by atoms with Crippen molar-refractivity contribution in [3.63, 3.8) is 0 Å². The first-order chi connectivity index (χ1) is 13.2. The van der Waals surface area contributed by atoms with Crippen molar-refractivity contribution in [1.82, 2.24) is 15.1 Å². The number of hydrogen-bond acceptors (Lipinski definition) is 3. The van der Waals surface area contributed by atoms with Gasteiger partial charge in [0.1, 0.15) is 0 Å². The highest BCUT2D eigenvalue weighted by atomic mass is 16.4. The number of aromatic nitrogens is 2. The maximum atomic E-state index is 10.9. The predicted octanol–water partition coefficient (Wildman–Crippen LogP) is 3.42. The fourth-order valence-corrected chi connectivity index (χ4v) is 3.86. The summed E-state index contributed by atoms with van der Waals surface area (Å²) in [6.45, 7) is 2.18. The zero-order chi connectivity index (χ0) is 18.6. The van der Waals surface area contributed by atoms with Crippen LogP contribution in [0.5, 0.6) is 0 Å². The first kappa shape index (κ1) is 17.5. The summed E-state index contributed by atoms with van der Waals surface area (Å²) in [7, 11) is 0. The number of carboxylic acid groups (broad SMARTS) is 1. The molecular formula is C22H23N3O2. The molecule has 0 amide bonds. The Morgan fingerprint density at radius 3 is 2.30 bits per heavy atom. The summed E-state index contributed by atoms with van der Waals surface area (Å²) >= 11 is 0. The SMILES string of the molecule is O=C(O)CCN1CCc2[nH]nc(C(c3ccccc3)c3ccccc3)c2C1. The molecule has 0 unspecified atom stereocenters. The number of aromatic amines is 1. The van der Waals surface area contributed by atoms with Crippen LogP contribution in [0.15, 0.2) is 60.7 Å². The van der Waals surface area contributed by atoms with Gasteiger partial charge in [0, 0.05) is 37.3 Å². The molecule has 0 radical (unpaired) electrons. The van der Waals surface area contributed by atoms with Gasteiger partial charge in [0.15, 0.2) is 0 Å². The van der Waals surface area contributed by atoms with E-state index in [0.29, 0.717) is 6.54 Å². The molecule has 2 heterocycles. The third-order valence-corrected chi connectivity index (χ3v) is 5.23. The van der Waals surface area contributed by atoms with Gasteiger partial charge in [0.05, 0.1) is 18.0 Å². The lowest BCUT2D eigenvalue weighted by molar-refractivity contribution is -0.137. The molecule has 0 spiro atoms. The van der Waals surface area contributed by atoms with Crippen molar-refractivity contribution < 1.29 is 9.90 Å². The van der Waals surface area contributed by atoms with Crippen LogP contribution in [0.25, 0.3) is 0 Å². The largest absolute Gasteiger partial charge is 0.481 e. The quantitative estimate of drug-likeness (QED) is 0.706. The van der Waals surface area contributed by atoms with Gasteiger partial charge in [-0.3, -0.25) is 14.8 Å². The summed E-state index contributed by atoms with van der Waals surface area (Å²) in [5.41, 5.74) is 5.85. The van der Waals surface area contributed by atoms with Crippen molar-refractivity contribution >= 4 is 5.97 Å². The number of hydrogen-bond donors (Lipinski definition) is 2. The van der Waals surface area contributed by atoms with Gasteiger partial charge in [0.2, 0.25) is 0 Å². The summed E-state index contributed by atoms with van der Waals surface area (Å²) in [5.74, 6) is -0.688. The molecule has 138 valence electrons.